The number of carbonyl (C=O) groups is 1. The summed E-state index contributed by atoms with van der Waals surface area (Å²) in [5, 5.41) is 16.8. The number of hydrogen-bond acceptors (Lipinski definition) is 4. The number of nitrogens with zero attached hydrogens (tertiary/aromatic N) is 2. The fourth-order valence-corrected chi connectivity index (χ4v) is 2.64. The number of fused-ring (bicyclic) bond motifs is 1. The first kappa shape index (κ1) is 16.2. The molecule has 0 unspecified atom stereocenters. The van der Waals surface area contributed by atoms with Gasteiger partial charge >= 0.3 is 0 Å². The molecular weight excluding hydrogens is 324 g/mol. The molecule has 1 amide bonds. The van der Waals surface area contributed by atoms with Gasteiger partial charge in [0.05, 0.1) is 12.2 Å². The van der Waals surface area contributed by atoms with Crippen molar-refractivity contribution in [2.75, 3.05) is 17.2 Å². The number of anilines is 2. The third-order valence-electron chi connectivity index (χ3n) is 3.83. The zero-order valence-corrected chi connectivity index (χ0v) is 14.2. The van der Waals surface area contributed by atoms with Crippen molar-refractivity contribution in [3.63, 3.8) is 0 Å². The largest absolute Gasteiger partial charge is 0.359 e. The van der Waals surface area contributed by atoms with Crippen molar-refractivity contribution in [3.8, 4) is 0 Å². The molecule has 3 aromatic rings. The molecule has 6 heteroatoms. The normalized spacial score (nSPS) is 10.6. The van der Waals surface area contributed by atoms with Crippen molar-refractivity contribution in [3.05, 3.63) is 58.7 Å². The quantitative estimate of drug-likeness (QED) is 0.754. The van der Waals surface area contributed by atoms with Crippen LogP contribution >= 0.6 is 11.6 Å². The summed E-state index contributed by atoms with van der Waals surface area (Å²) >= 11 is 6.07. The Bertz CT molecular complexity index is 911. The van der Waals surface area contributed by atoms with E-state index in [4.69, 9.17) is 11.6 Å². The minimum Gasteiger partial charge on any atom is -0.359 e. The Hall–Kier alpha value is -2.66. The highest BCUT2D eigenvalue weighted by Crippen LogP contribution is 2.24. The van der Waals surface area contributed by atoms with Gasteiger partial charge in [-0.2, -0.15) is 5.10 Å². The van der Waals surface area contributed by atoms with E-state index in [-0.39, 0.29) is 12.5 Å². The number of rotatable bonds is 4. The van der Waals surface area contributed by atoms with E-state index in [1.54, 1.807) is 12.1 Å². The predicted molar refractivity (Wildman–Crippen MR) is 97.6 cm³/mol. The Morgan fingerprint density at radius 2 is 1.79 bits per heavy atom. The summed E-state index contributed by atoms with van der Waals surface area (Å²) in [5.41, 5.74) is 2.40. The number of benzene rings is 2. The Labute approximate surface area is 145 Å². The van der Waals surface area contributed by atoms with E-state index in [2.05, 4.69) is 20.8 Å². The van der Waals surface area contributed by atoms with Gasteiger partial charge in [0.15, 0.2) is 5.82 Å². The van der Waals surface area contributed by atoms with E-state index in [1.807, 2.05) is 44.2 Å². The molecule has 24 heavy (non-hydrogen) atoms. The molecule has 0 atom stereocenters. The molecule has 3 rings (SSSR count). The Morgan fingerprint density at radius 3 is 2.58 bits per heavy atom. The van der Waals surface area contributed by atoms with Crippen LogP contribution in [0.25, 0.3) is 10.8 Å². The maximum absolute atomic E-state index is 12.2. The van der Waals surface area contributed by atoms with Crippen LogP contribution < -0.4 is 10.6 Å². The third kappa shape index (κ3) is 3.31. The van der Waals surface area contributed by atoms with Gasteiger partial charge in [-0.05, 0) is 31.5 Å². The number of halogens is 1. The lowest BCUT2D eigenvalue weighted by molar-refractivity contribution is -0.114. The highest BCUT2D eigenvalue weighted by molar-refractivity contribution is 6.31. The highest BCUT2D eigenvalue weighted by atomic mass is 35.5. The van der Waals surface area contributed by atoms with Gasteiger partial charge in [0.25, 0.3) is 0 Å². The number of nitrogens with one attached hydrogen (secondary N) is 2. The minimum absolute atomic E-state index is 0.0910. The number of amides is 1. The van der Waals surface area contributed by atoms with Crippen molar-refractivity contribution >= 4 is 39.8 Å². The first-order valence-electron chi connectivity index (χ1n) is 7.57. The molecule has 2 aromatic carbocycles. The number of aromatic nitrogens is 2. The minimum atomic E-state index is -0.174. The molecule has 1 heterocycles. The van der Waals surface area contributed by atoms with Crippen molar-refractivity contribution in [2.24, 2.45) is 0 Å². The predicted octanol–water partition coefficient (Wildman–Crippen LogP) is 3.95. The Balaban J connectivity index is 1.73. The summed E-state index contributed by atoms with van der Waals surface area (Å²) < 4.78 is 0. The summed E-state index contributed by atoms with van der Waals surface area (Å²) in [4.78, 5) is 12.2. The average Bonchev–Trinajstić information content (AvgIpc) is 2.59. The zero-order valence-electron chi connectivity index (χ0n) is 13.4. The lowest BCUT2D eigenvalue weighted by atomic mass is 10.1. The van der Waals surface area contributed by atoms with Crippen molar-refractivity contribution in [2.45, 2.75) is 13.8 Å². The molecule has 0 aliphatic heterocycles. The van der Waals surface area contributed by atoms with Crippen LogP contribution in [0.2, 0.25) is 5.02 Å². The summed E-state index contributed by atoms with van der Waals surface area (Å²) in [6.45, 7) is 3.87. The van der Waals surface area contributed by atoms with Gasteiger partial charge in [-0.3, -0.25) is 4.79 Å². The van der Waals surface area contributed by atoms with Crippen LogP contribution in [0.5, 0.6) is 0 Å². The molecule has 0 bridgehead atoms. The standard InChI is InChI=1S/C18H17ClN4O/c1-11-15(19)8-5-9-16(11)21-17(24)10-20-18-14-7-4-3-6-13(14)12(2)22-23-18/h3-9H,10H2,1-2H3,(H,20,23)(H,21,24). The lowest BCUT2D eigenvalue weighted by Crippen LogP contribution is -2.23. The molecule has 0 aliphatic rings. The van der Waals surface area contributed by atoms with E-state index in [0.29, 0.717) is 16.5 Å². The van der Waals surface area contributed by atoms with Crippen LogP contribution in [-0.2, 0) is 4.79 Å². The molecule has 122 valence electrons. The molecule has 0 saturated carbocycles. The molecule has 0 saturated heterocycles. The number of aryl methyl sites for hydroxylation is 1. The van der Waals surface area contributed by atoms with Crippen molar-refractivity contribution < 1.29 is 4.79 Å². The van der Waals surface area contributed by atoms with Crippen LogP contribution in [0.3, 0.4) is 0 Å². The Kier molecular flexibility index (Phi) is 4.62. The van der Waals surface area contributed by atoms with E-state index < -0.39 is 0 Å². The SMILES string of the molecule is Cc1c(Cl)cccc1NC(=O)CNc1nnc(C)c2ccccc12. The maximum Gasteiger partial charge on any atom is 0.243 e. The second-order valence-corrected chi connectivity index (χ2v) is 5.90. The molecule has 0 fully saturated rings. The van der Waals surface area contributed by atoms with Gasteiger partial charge in [-0.1, -0.05) is 41.9 Å². The Morgan fingerprint density at radius 1 is 1.04 bits per heavy atom. The fraction of sp³-hybridized carbons (Fsp3) is 0.167. The molecule has 5 nitrogen and oxygen atoms in total. The van der Waals surface area contributed by atoms with Crippen molar-refractivity contribution in [1.82, 2.24) is 10.2 Å². The summed E-state index contributed by atoms with van der Waals surface area (Å²) in [5.74, 6) is 0.418. The van der Waals surface area contributed by atoms with E-state index >= 15 is 0 Å². The van der Waals surface area contributed by atoms with Gasteiger partial charge < -0.3 is 10.6 Å². The van der Waals surface area contributed by atoms with E-state index in [0.717, 1.165) is 22.0 Å². The maximum atomic E-state index is 12.2. The first-order chi connectivity index (χ1) is 11.6. The molecule has 2 N–H and O–H groups in total. The van der Waals surface area contributed by atoms with Crippen LogP contribution in [0.15, 0.2) is 42.5 Å². The smallest absolute Gasteiger partial charge is 0.243 e. The van der Waals surface area contributed by atoms with Crippen LogP contribution in [-0.4, -0.2) is 22.6 Å². The average molecular weight is 341 g/mol. The second-order valence-electron chi connectivity index (χ2n) is 5.49. The summed E-state index contributed by atoms with van der Waals surface area (Å²) in [7, 11) is 0. The first-order valence-corrected chi connectivity index (χ1v) is 7.95. The lowest BCUT2D eigenvalue weighted by Gasteiger charge is -2.11. The zero-order chi connectivity index (χ0) is 17.1. The van der Waals surface area contributed by atoms with Crippen LogP contribution in [0.1, 0.15) is 11.3 Å². The summed E-state index contributed by atoms with van der Waals surface area (Å²) in [6, 6.07) is 13.2. The molecule has 1 aromatic heterocycles. The van der Waals surface area contributed by atoms with Crippen molar-refractivity contribution in [1.29, 1.82) is 0 Å². The number of carbonyl (C=O) groups excluding carboxylic acids is 1. The molecule has 0 radical (unpaired) electrons. The topological polar surface area (TPSA) is 66.9 Å². The molecule has 0 aliphatic carbocycles. The van der Waals surface area contributed by atoms with Crippen LogP contribution in [0.4, 0.5) is 11.5 Å². The number of hydrogen-bond donors (Lipinski definition) is 2. The highest BCUT2D eigenvalue weighted by Gasteiger charge is 2.09. The van der Waals surface area contributed by atoms with Gasteiger partial charge in [-0.25, -0.2) is 0 Å². The summed E-state index contributed by atoms with van der Waals surface area (Å²) in [6.07, 6.45) is 0. The van der Waals surface area contributed by atoms with Gasteiger partial charge in [-0.15, -0.1) is 5.10 Å². The molecular formula is C18H17ClN4O. The van der Waals surface area contributed by atoms with E-state index in [1.165, 1.54) is 0 Å². The second kappa shape index (κ2) is 6.84. The van der Waals surface area contributed by atoms with Crippen LogP contribution in [0, 0.1) is 13.8 Å². The monoisotopic (exact) mass is 340 g/mol. The van der Waals surface area contributed by atoms with Gasteiger partial charge in [0.2, 0.25) is 5.91 Å². The van der Waals surface area contributed by atoms with E-state index in [9.17, 15) is 4.79 Å². The van der Waals surface area contributed by atoms with Gasteiger partial charge in [0, 0.05) is 21.5 Å². The fourth-order valence-electron chi connectivity index (χ4n) is 2.47. The third-order valence-corrected chi connectivity index (χ3v) is 4.24. The van der Waals surface area contributed by atoms with Gasteiger partial charge in [0.1, 0.15) is 0 Å². The molecule has 0 spiro atoms.